The van der Waals surface area contributed by atoms with E-state index in [0.29, 0.717) is 12.8 Å². The van der Waals surface area contributed by atoms with Crippen molar-refractivity contribution in [2.75, 3.05) is 19.8 Å². The van der Waals surface area contributed by atoms with Crippen LogP contribution in [0.3, 0.4) is 0 Å². The summed E-state index contributed by atoms with van der Waals surface area (Å²) in [7, 11) is 0. The van der Waals surface area contributed by atoms with Crippen molar-refractivity contribution in [3.8, 4) is 0 Å². The van der Waals surface area contributed by atoms with Crippen LogP contribution in [0.5, 0.6) is 0 Å². The number of hydrogen-bond donors (Lipinski definition) is 9. The molecule has 2 saturated heterocycles. The summed E-state index contributed by atoms with van der Waals surface area (Å²) in [5.41, 5.74) is 0. The van der Waals surface area contributed by atoms with Crippen molar-refractivity contribution >= 4 is 5.91 Å². The van der Waals surface area contributed by atoms with E-state index in [-0.39, 0.29) is 12.5 Å². The molecular weight excluding hydrogens is 1120 g/mol. The number of aliphatic hydroxyl groups excluding tert-OH is 8. The molecule has 14 nitrogen and oxygen atoms in total. The van der Waals surface area contributed by atoms with Crippen LogP contribution < -0.4 is 5.32 Å². The molecule has 2 fully saturated rings. The van der Waals surface area contributed by atoms with E-state index in [2.05, 4.69) is 19.2 Å². The molecule has 0 aromatic rings. The number of nitrogens with one attached hydrogen (secondary N) is 1. The molecular formula is C75H147NO13. The normalized spacial score (nSPS) is 22.9. The van der Waals surface area contributed by atoms with Crippen LogP contribution in [0.25, 0.3) is 0 Å². The molecule has 0 aliphatic carbocycles. The molecule has 12 unspecified atom stereocenters. The summed E-state index contributed by atoms with van der Waals surface area (Å²) >= 11 is 0. The Labute approximate surface area is 546 Å². The Balaban J connectivity index is 1.62. The van der Waals surface area contributed by atoms with Crippen molar-refractivity contribution in [3.05, 3.63) is 0 Å². The Bertz CT molecular complexity index is 1500. The van der Waals surface area contributed by atoms with E-state index in [4.69, 9.17) is 18.9 Å². The Morgan fingerprint density at radius 3 is 0.955 bits per heavy atom. The lowest BCUT2D eigenvalue weighted by Gasteiger charge is -2.46. The molecule has 0 aromatic carbocycles. The first-order valence-electron chi connectivity index (χ1n) is 38.8. The predicted molar refractivity (Wildman–Crippen MR) is 365 cm³/mol. The first-order chi connectivity index (χ1) is 43.6. The summed E-state index contributed by atoms with van der Waals surface area (Å²) < 4.78 is 23.0. The van der Waals surface area contributed by atoms with Gasteiger partial charge in [0.15, 0.2) is 12.6 Å². The molecule has 2 aliphatic rings. The molecule has 0 bridgehead atoms. The Morgan fingerprint density at radius 1 is 0.360 bits per heavy atom. The van der Waals surface area contributed by atoms with E-state index in [9.17, 15) is 45.6 Å². The van der Waals surface area contributed by atoms with Crippen LogP contribution in [0.15, 0.2) is 0 Å². The minimum atomic E-state index is -1.78. The fourth-order valence-electron chi connectivity index (χ4n) is 13.4. The van der Waals surface area contributed by atoms with E-state index in [1.165, 1.54) is 302 Å². The first-order valence-corrected chi connectivity index (χ1v) is 38.8. The maximum atomic E-state index is 13.4. The Kier molecular flexibility index (Phi) is 57.3. The molecule has 9 N–H and O–H groups in total. The van der Waals surface area contributed by atoms with E-state index < -0.39 is 86.8 Å². The van der Waals surface area contributed by atoms with Gasteiger partial charge in [0.1, 0.15) is 48.8 Å². The van der Waals surface area contributed by atoms with Crippen LogP contribution in [0.4, 0.5) is 0 Å². The van der Waals surface area contributed by atoms with Gasteiger partial charge in [-0.2, -0.15) is 0 Å². The minimum absolute atomic E-state index is 0.195. The van der Waals surface area contributed by atoms with Crippen LogP contribution in [0.2, 0.25) is 0 Å². The van der Waals surface area contributed by atoms with Crippen molar-refractivity contribution in [2.45, 2.75) is 453 Å². The van der Waals surface area contributed by atoms with Gasteiger partial charge in [0.25, 0.3) is 0 Å². The summed E-state index contributed by atoms with van der Waals surface area (Å²) in [5.74, 6) is -0.195. The fraction of sp³-hybridized carbons (Fsp3) is 0.987. The second-order valence-electron chi connectivity index (χ2n) is 27.9. The van der Waals surface area contributed by atoms with Crippen LogP contribution >= 0.6 is 0 Å². The molecule has 530 valence electrons. The number of aliphatic hydroxyl groups is 8. The van der Waals surface area contributed by atoms with Gasteiger partial charge in [-0.15, -0.1) is 0 Å². The van der Waals surface area contributed by atoms with Gasteiger partial charge >= 0.3 is 0 Å². The second-order valence-corrected chi connectivity index (χ2v) is 27.9. The third-order valence-electron chi connectivity index (χ3n) is 19.6. The molecule has 2 rings (SSSR count). The lowest BCUT2D eigenvalue weighted by Crippen LogP contribution is -2.65. The highest BCUT2D eigenvalue weighted by molar-refractivity contribution is 5.76. The van der Waals surface area contributed by atoms with Gasteiger partial charge in [-0.05, 0) is 12.8 Å². The fourth-order valence-corrected chi connectivity index (χ4v) is 13.4. The second kappa shape index (κ2) is 60.6. The van der Waals surface area contributed by atoms with Crippen molar-refractivity contribution in [1.29, 1.82) is 0 Å². The molecule has 2 aliphatic heterocycles. The first kappa shape index (κ1) is 84.1. The highest BCUT2D eigenvalue weighted by atomic mass is 16.7. The highest BCUT2D eigenvalue weighted by Gasteiger charge is 2.51. The maximum Gasteiger partial charge on any atom is 0.220 e. The summed E-state index contributed by atoms with van der Waals surface area (Å²) in [6, 6.07) is -0.825. The van der Waals surface area contributed by atoms with Crippen LogP contribution in [-0.2, 0) is 23.7 Å². The van der Waals surface area contributed by atoms with E-state index >= 15 is 0 Å². The number of carbonyl (C=O) groups excluding carboxylic acids is 1. The largest absolute Gasteiger partial charge is 0.394 e. The number of amides is 1. The lowest BCUT2D eigenvalue weighted by molar-refractivity contribution is -0.359. The minimum Gasteiger partial charge on any atom is -0.394 e. The van der Waals surface area contributed by atoms with E-state index in [1.807, 2.05) is 0 Å². The zero-order chi connectivity index (χ0) is 64.5. The molecule has 2 heterocycles. The molecule has 14 heteroatoms. The number of carbonyl (C=O) groups is 1. The smallest absolute Gasteiger partial charge is 0.220 e. The van der Waals surface area contributed by atoms with Crippen LogP contribution in [0, 0.1) is 0 Å². The van der Waals surface area contributed by atoms with Crippen LogP contribution in [0.1, 0.15) is 380 Å². The van der Waals surface area contributed by atoms with Crippen molar-refractivity contribution < 1.29 is 64.6 Å². The van der Waals surface area contributed by atoms with Gasteiger partial charge in [-0.1, -0.05) is 361 Å². The summed E-state index contributed by atoms with van der Waals surface area (Å²) in [6.07, 6.45) is 57.1. The zero-order valence-electron chi connectivity index (χ0n) is 58.0. The van der Waals surface area contributed by atoms with Gasteiger partial charge in [-0.25, -0.2) is 0 Å². The molecule has 0 spiro atoms. The SMILES string of the molecule is CCCCCCCCCCCCCCCCCCCCCCCCCCCCCCC(O)C(COC1OC(CO)C(OC2OC(CO)C(O)C(O)C2O)C(O)C1O)NC(=O)CCCCCCCCCCCCCCCCCCCCCCCCCCCCC. The third-order valence-corrected chi connectivity index (χ3v) is 19.6. The maximum absolute atomic E-state index is 13.4. The van der Waals surface area contributed by atoms with Crippen molar-refractivity contribution in [3.63, 3.8) is 0 Å². The summed E-state index contributed by atoms with van der Waals surface area (Å²) in [5, 5.41) is 87.8. The highest BCUT2D eigenvalue weighted by Crippen LogP contribution is 2.30. The van der Waals surface area contributed by atoms with Gasteiger partial charge in [-0.3, -0.25) is 4.79 Å². The number of rotatable bonds is 66. The average Bonchev–Trinajstić information content (AvgIpc) is 2.82. The van der Waals surface area contributed by atoms with E-state index in [1.54, 1.807) is 0 Å². The number of unbranched alkanes of at least 4 members (excludes halogenated alkanes) is 53. The zero-order valence-corrected chi connectivity index (χ0v) is 58.0. The molecule has 89 heavy (non-hydrogen) atoms. The van der Waals surface area contributed by atoms with Gasteiger partial charge in [0.2, 0.25) is 5.91 Å². The Morgan fingerprint density at radius 2 is 0.640 bits per heavy atom. The average molecular weight is 1270 g/mol. The monoisotopic (exact) mass is 1270 g/mol. The van der Waals surface area contributed by atoms with Crippen molar-refractivity contribution in [1.82, 2.24) is 5.32 Å². The summed E-state index contributed by atoms with van der Waals surface area (Å²) in [6.45, 7) is 2.94. The third kappa shape index (κ3) is 44.4. The molecule has 0 saturated carbocycles. The quantitative estimate of drug-likeness (QED) is 0.0259. The number of hydrogen-bond acceptors (Lipinski definition) is 13. The number of ether oxygens (including phenoxy) is 4. The van der Waals surface area contributed by atoms with Gasteiger partial charge < -0.3 is 65.1 Å². The van der Waals surface area contributed by atoms with Crippen molar-refractivity contribution in [2.24, 2.45) is 0 Å². The molecule has 12 atom stereocenters. The summed E-state index contributed by atoms with van der Waals surface area (Å²) in [4.78, 5) is 13.4. The predicted octanol–water partition coefficient (Wildman–Crippen LogP) is 16.7. The topological polar surface area (TPSA) is 228 Å². The lowest BCUT2D eigenvalue weighted by atomic mass is 9.97. The molecule has 0 aromatic heterocycles. The molecule has 0 radical (unpaired) electrons. The van der Waals surface area contributed by atoms with E-state index in [0.717, 1.165) is 51.4 Å². The molecule has 1 amide bonds. The van der Waals surface area contributed by atoms with Gasteiger partial charge in [0.05, 0.1) is 32.0 Å². The van der Waals surface area contributed by atoms with Crippen LogP contribution in [-0.4, -0.2) is 140 Å². The van der Waals surface area contributed by atoms with Gasteiger partial charge in [0, 0.05) is 6.42 Å². The standard InChI is InChI=1S/C75H147NO13/c1-3-5-7-9-11-13-15-17-19-21-23-25-27-29-31-33-34-36-38-40-42-44-46-48-50-52-54-56-58-64(79)63(62-86-74-72(85)70(83)73(66(61-78)88-74)89-75-71(84)69(82)68(81)65(60-77)87-75)76-67(80)59-57-55-53-51-49-47-45-43-41-39-37-35-32-30-28-26-24-22-20-18-16-14-12-10-8-6-4-2/h63-66,68-75,77-79,81-85H,3-62H2,1-2H3,(H,76,80). The Hall–Kier alpha value is -1.01.